The molecule has 2 fully saturated rings. The van der Waals surface area contributed by atoms with Crippen LogP contribution in [0.3, 0.4) is 0 Å². The maximum atomic E-state index is 12.7. The monoisotopic (exact) mass is 350 g/mol. The SMILES string of the molecule is CCCc1cc(C(N)=O)c(NC(=O)[C@H]2[C@@H]3CC[C@@H](C3)[C@@H]2C(=O)O)s1. The zero-order chi connectivity index (χ0) is 17.4. The fourth-order valence-corrected chi connectivity index (χ4v) is 5.47. The van der Waals surface area contributed by atoms with Crippen molar-refractivity contribution in [3.05, 3.63) is 16.5 Å². The van der Waals surface area contributed by atoms with Crippen molar-refractivity contribution in [3.63, 3.8) is 0 Å². The lowest BCUT2D eigenvalue weighted by Gasteiger charge is -2.26. The van der Waals surface area contributed by atoms with Crippen LogP contribution in [0.2, 0.25) is 0 Å². The van der Waals surface area contributed by atoms with Crippen LogP contribution in [0.25, 0.3) is 0 Å². The molecule has 2 aliphatic rings. The highest BCUT2D eigenvalue weighted by Gasteiger charge is 2.54. The Balaban J connectivity index is 1.82. The van der Waals surface area contributed by atoms with Crippen molar-refractivity contribution in [2.24, 2.45) is 29.4 Å². The highest BCUT2D eigenvalue weighted by molar-refractivity contribution is 7.16. The third-order valence-corrected chi connectivity index (χ3v) is 6.40. The van der Waals surface area contributed by atoms with Gasteiger partial charge in [0.05, 0.1) is 17.4 Å². The summed E-state index contributed by atoms with van der Waals surface area (Å²) in [6, 6.07) is 1.72. The van der Waals surface area contributed by atoms with Gasteiger partial charge in [0.2, 0.25) is 5.91 Å². The molecule has 130 valence electrons. The number of anilines is 1. The first-order chi connectivity index (χ1) is 11.4. The molecular weight excluding hydrogens is 328 g/mol. The number of carbonyl (C=O) groups excluding carboxylic acids is 2. The lowest BCUT2D eigenvalue weighted by Crippen LogP contribution is -2.38. The number of aliphatic carboxylic acids is 1. The van der Waals surface area contributed by atoms with E-state index in [1.807, 2.05) is 6.92 Å². The van der Waals surface area contributed by atoms with Crippen LogP contribution in [0.1, 0.15) is 47.8 Å². The number of hydrogen-bond donors (Lipinski definition) is 3. The van der Waals surface area contributed by atoms with Crippen LogP contribution in [0.15, 0.2) is 6.07 Å². The molecule has 0 aromatic carbocycles. The maximum absolute atomic E-state index is 12.7. The molecule has 2 saturated carbocycles. The van der Waals surface area contributed by atoms with Crippen molar-refractivity contribution >= 4 is 34.1 Å². The molecule has 2 amide bonds. The molecule has 1 aromatic heterocycles. The summed E-state index contributed by atoms with van der Waals surface area (Å²) in [4.78, 5) is 36.9. The Bertz CT molecular complexity index is 684. The maximum Gasteiger partial charge on any atom is 0.307 e. The van der Waals surface area contributed by atoms with Crippen LogP contribution in [0.4, 0.5) is 5.00 Å². The number of thiophene rings is 1. The summed E-state index contributed by atoms with van der Waals surface area (Å²) in [5, 5.41) is 12.7. The molecule has 1 heterocycles. The number of primary amides is 1. The second-order valence-corrected chi connectivity index (χ2v) is 7.92. The molecule has 4 atom stereocenters. The van der Waals surface area contributed by atoms with Gasteiger partial charge in [-0.15, -0.1) is 11.3 Å². The van der Waals surface area contributed by atoms with Crippen molar-refractivity contribution in [2.75, 3.05) is 5.32 Å². The topological polar surface area (TPSA) is 109 Å². The number of carboxylic acid groups (broad SMARTS) is 1. The smallest absolute Gasteiger partial charge is 0.307 e. The third-order valence-electron chi connectivity index (χ3n) is 5.29. The number of carboxylic acids is 1. The largest absolute Gasteiger partial charge is 0.481 e. The molecule has 3 rings (SSSR count). The molecule has 0 aliphatic heterocycles. The number of nitrogens with one attached hydrogen (secondary N) is 1. The van der Waals surface area contributed by atoms with Crippen molar-refractivity contribution in [1.82, 2.24) is 0 Å². The van der Waals surface area contributed by atoms with E-state index in [4.69, 9.17) is 5.73 Å². The summed E-state index contributed by atoms with van der Waals surface area (Å²) >= 11 is 1.35. The molecule has 24 heavy (non-hydrogen) atoms. The second-order valence-electron chi connectivity index (χ2n) is 6.78. The fraction of sp³-hybridized carbons (Fsp3) is 0.588. The molecule has 7 heteroatoms. The Hall–Kier alpha value is -1.89. The van der Waals surface area contributed by atoms with Crippen LogP contribution in [0.5, 0.6) is 0 Å². The van der Waals surface area contributed by atoms with Crippen LogP contribution < -0.4 is 11.1 Å². The highest BCUT2D eigenvalue weighted by Crippen LogP contribution is 2.52. The van der Waals surface area contributed by atoms with Gasteiger partial charge < -0.3 is 16.2 Å². The first kappa shape index (κ1) is 17.0. The molecule has 1 aromatic rings. The average Bonchev–Trinajstić information content (AvgIpc) is 3.20. The Labute approximate surface area is 144 Å². The van der Waals surface area contributed by atoms with Crippen LogP contribution >= 0.6 is 11.3 Å². The van der Waals surface area contributed by atoms with Gasteiger partial charge in [0.1, 0.15) is 5.00 Å². The summed E-state index contributed by atoms with van der Waals surface area (Å²) < 4.78 is 0. The molecule has 6 nitrogen and oxygen atoms in total. The van der Waals surface area contributed by atoms with Crippen LogP contribution in [-0.4, -0.2) is 22.9 Å². The summed E-state index contributed by atoms with van der Waals surface area (Å²) in [5.41, 5.74) is 5.72. The van der Waals surface area contributed by atoms with Crippen LogP contribution in [0, 0.1) is 23.7 Å². The van der Waals surface area contributed by atoms with Gasteiger partial charge in [0.15, 0.2) is 0 Å². The van der Waals surface area contributed by atoms with E-state index < -0.39 is 23.7 Å². The number of amides is 2. The summed E-state index contributed by atoms with van der Waals surface area (Å²) in [6.07, 6.45) is 4.34. The van der Waals surface area contributed by atoms with Crippen molar-refractivity contribution in [3.8, 4) is 0 Å². The third kappa shape index (κ3) is 2.92. The van der Waals surface area contributed by atoms with E-state index in [-0.39, 0.29) is 17.7 Å². The van der Waals surface area contributed by atoms with Gasteiger partial charge in [-0.3, -0.25) is 14.4 Å². The molecule has 4 N–H and O–H groups in total. The Morgan fingerprint density at radius 2 is 1.96 bits per heavy atom. The number of fused-ring (bicyclic) bond motifs is 2. The number of aryl methyl sites for hydroxylation is 1. The summed E-state index contributed by atoms with van der Waals surface area (Å²) in [6.45, 7) is 2.04. The minimum atomic E-state index is -0.893. The number of rotatable bonds is 6. The van der Waals surface area contributed by atoms with E-state index in [9.17, 15) is 19.5 Å². The van der Waals surface area contributed by atoms with E-state index in [1.54, 1.807) is 6.07 Å². The van der Waals surface area contributed by atoms with Gasteiger partial charge in [-0.1, -0.05) is 13.3 Å². The lowest BCUT2D eigenvalue weighted by molar-refractivity contribution is -0.148. The molecule has 2 bridgehead atoms. The zero-order valence-electron chi connectivity index (χ0n) is 13.6. The van der Waals surface area contributed by atoms with E-state index in [2.05, 4.69) is 5.32 Å². The van der Waals surface area contributed by atoms with Crippen molar-refractivity contribution in [2.45, 2.75) is 39.0 Å². The predicted molar refractivity (Wildman–Crippen MR) is 90.9 cm³/mol. The number of carbonyl (C=O) groups is 3. The van der Waals surface area contributed by atoms with Crippen molar-refractivity contribution in [1.29, 1.82) is 0 Å². The molecule has 0 unspecified atom stereocenters. The van der Waals surface area contributed by atoms with E-state index in [0.717, 1.165) is 37.0 Å². The molecular formula is C17H22N2O4S. The standard InChI is InChI=1S/C17H22N2O4S/c1-2-3-10-7-11(14(18)20)16(24-10)19-15(21)12-8-4-5-9(6-8)13(12)17(22)23/h7-9,12-13H,2-6H2,1H3,(H2,18,20)(H,19,21)(H,22,23)/t8-,9+,12+,13+/m1/s1. The van der Waals surface area contributed by atoms with Gasteiger partial charge in [0.25, 0.3) is 5.91 Å². The van der Waals surface area contributed by atoms with E-state index in [1.165, 1.54) is 11.3 Å². The predicted octanol–water partition coefficient (Wildman–Crippen LogP) is 2.48. The minimum absolute atomic E-state index is 0.0952. The second kappa shape index (κ2) is 6.55. The molecule has 0 spiro atoms. The first-order valence-electron chi connectivity index (χ1n) is 8.38. The Kier molecular flexibility index (Phi) is 4.62. The van der Waals surface area contributed by atoms with Gasteiger partial charge in [-0.25, -0.2) is 0 Å². The Morgan fingerprint density at radius 3 is 2.54 bits per heavy atom. The average molecular weight is 350 g/mol. The van der Waals surface area contributed by atoms with Gasteiger partial charge in [-0.2, -0.15) is 0 Å². The number of hydrogen-bond acceptors (Lipinski definition) is 4. The van der Waals surface area contributed by atoms with Gasteiger partial charge in [-0.05, 0) is 43.6 Å². The molecule has 0 saturated heterocycles. The number of nitrogens with two attached hydrogens (primary N) is 1. The quantitative estimate of drug-likeness (QED) is 0.732. The Morgan fingerprint density at radius 1 is 1.29 bits per heavy atom. The normalized spacial score (nSPS) is 28.0. The lowest BCUT2D eigenvalue weighted by atomic mass is 9.79. The first-order valence-corrected chi connectivity index (χ1v) is 9.20. The van der Waals surface area contributed by atoms with E-state index >= 15 is 0 Å². The minimum Gasteiger partial charge on any atom is -0.481 e. The van der Waals surface area contributed by atoms with Gasteiger partial charge >= 0.3 is 5.97 Å². The fourth-order valence-electron chi connectivity index (χ4n) is 4.31. The van der Waals surface area contributed by atoms with E-state index in [0.29, 0.717) is 10.6 Å². The van der Waals surface area contributed by atoms with Crippen molar-refractivity contribution < 1.29 is 19.5 Å². The molecule has 0 radical (unpaired) electrons. The summed E-state index contributed by atoms with van der Waals surface area (Å²) in [5.74, 6) is -2.67. The summed E-state index contributed by atoms with van der Waals surface area (Å²) in [7, 11) is 0. The van der Waals surface area contributed by atoms with Gasteiger partial charge in [0, 0.05) is 4.88 Å². The highest BCUT2D eigenvalue weighted by atomic mass is 32.1. The van der Waals surface area contributed by atoms with Crippen LogP contribution in [-0.2, 0) is 16.0 Å². The zero-order valence-corrected chi connectivity index (χ0v) is 14.4. The molecule has 2 aliphatic carbocycles.